The van der Waals surface area contributed by atoms with Gasteiger partial charge in [-0.15, -0.1) is 0 Å². The molecule has 1 fully saturated rings. The monoisotopic (exact) mass is 384 g/mol. The van der Waals surface area contributed by atoms with E-state index < -0.39 is 0 Å². The molecule has 0 radical (unpaired) electrons. The molecule has 1 aromatic carbocycles. The van der Waals surface area contributed by atoms with Crippen LogP contribution in [0.2, 0.25) is 0 Å². The lowest BCUT2D eigenvalue weighted by atomic mass is 10.2. The number of hydrogen-bond acceptors (Lipinski definition) is 7. The number of anilines is 2. The van der Waals surface area contributed by atoms with Gasteiger partial charge in [0.1, 0.15) is 0 Å². The predicted molar refractivity (Wildman–Crippen MR) is 104 cm³/mol. The van der Waals surface area contributed by atoms with Crippen molar-refractivity contribution < 1.29 is 9.32 Å². The SMILES string of the molecule is Cc1noc(NC(=O)N2CCN(c3nc(-c4ccccc4)ns3)CC2)c1C. The highest BCUT2D eigenvalue weighted by Crippen LogP contribution is 2.25. The van der Waals surface area contributed by atoms with Gasteiger partial charge in [-0.25, -0.2) is 4.79 Å². The van der Waals surface area contributed by atoms with E-state index in [9.17, 15) is 4.79 Å². The average Bonchev–Trinajstić information content (AvgIpc) is 3.32. The fourth-order valence-corrected chi connectivity index (χ4v) is 3.60. The molecule has 9 heteroatoms. The van der Waals surface area contributed by atoms with Gasteiger partial charge in [0.15, 0.2) is 5.82 Å². The third-order valence-electron chi connectivity index (χ3n) is 4.66. The molecule has 1 N–H and O–H groups in total. The molecule has 2 amide bonds. The number of benzene rings is 1. The number of nitrogens with one attached hydrogen (secondary N) is 1. The van der Waals surface area contributed by atoms with Crippen LogP contribution in [0.3, 0.4) is 0 Å². The van der Waals surface area contributed by atoms with Crippen LogP contribution in [0, 0.1) is 13.8 Å². The van der Waals surface area contributed by atoms with Crippen molar-refractivity contribution in [2.24, 2.45) is 0 Å². The highest BCUT2D eigenvalue weighted by atomic mass is 32.1. The average molecular weight is 384 g/mol. The molecule has 1 aliphatic rings. The standard InChI is InChI=1S/C18H20N6O2S/c1-12-13(2)21-26-16(12)20-17(25)23-8-10-24(11-9-23)18-19-15(22-27-18)14-6-4-3-5-7-14/h3-7H,8-11H2,1-2H3,(H,20,25). The summed E-state index contributed by atoms with van der Waals surface area (Å²) in [7, 11) is 0. The Hall–Kier alpha value is -2.94. The second kappa shape index (κ2) is 7.36. The Labute approximate surface area is 161 Å². The summed E-state index contributed by atoms with van der Waals surface area (Å²) < 4.78 is 9.62. The molecule has 3 aromatic rings. The van der Waals surface area contributed by atoms with Crippen LogP contribution >= 0.6 is 11.5 Å². The summed E-state index contributed by atoms with van der Waals surface area (Å²) in [6.45, 7) is 6.37. The maximum absolute atomic E-state index is 12.4. The first kappa shape index (κ1) is 17.5. The van der Waals surface area contributed by atoms with Crippen LogP contribution in [-0.2, 0) is 0 Å². The molecule has 3 heterocycles. The fraction of sp³-hybridized carbons (Fsp3) is 0.333. The van der Waals surface area contributed by atoms with Gasteiger partial charge in [0.05, 0.1) is 5.69 Å². The van der Waals surface area contributed by atoms with Gasteiger partial charge in [0.2, 0.25) is 11.0 Å². The number of nitrogens with zero attached hydrogens (tertiary/aromatic N) is 5. The van der Waals surface area contributed by atoms with Gasteiger partial charge < -0.3 is 14.3 Å². The molecule has 2 aromatic heterocycles. The number of amides is 2. The van der Waals surface area contributed by atoms with Crippen molar-refractivity contribution in [3.05, 3.63) is 41.6 Å². The minimum Gasteiger partial charge on any atom is -0.343 e. The number of piperazine rings is 1. The fourth-order valence-electron chi connectivity index (χ4n) is 2.86. The molecule has 4 rings (SSSR count). The number of rotatable bonds is 3. The van der Waals surface area contributed by atoms with Gasteiger partial charge in [-0.3, -0.25) is 5.32 Å². The van der Waals surface area contributed by atoms with E-state index in [1.54, 1.807) is 4.90 Å². The number of aryl methyl sites for hydroxylation is 1. The number of carbonyl (C=O) groups excluding carboxylic acids is 1. The van der Waals surface area contributed by atoms with E-state index in [2.05, 4.69) is 24.7 Å². The molecule has 0 aliphatic carbocycles. The summed E-state index contributed by atoms with van der Waals surface area (Å²) in [6.07, 6.45) is 0. The molecule has 140 valence electrons. The molecule has 8 nitrogen and oxygen atoms in total. The largest absolute Gasteiger partial charge is 0.343 e. The van der Waals surface area contributed by atoms with Crippen molar-refractivity contribution in [2.45, 2.75) is 13.8 Å². The molecule has 0 saturated carbocycles. The van der Waals surface area contributed by atoms with Crippen LogP contribution in [0.5, 0.6) is 0 Å². The summed E-state index contributed by atoms with van der Waals surface area (Å²) in [5.41, 5.74) is 2.64. The molecular weight excluding hydrogens is 364 g/mol. The van der Waals surface area contributed by atoms with Crippen LogP contribution in [0.1, 0.15) is 11.3 Å². The molecular formula is C18H20N6O2S. The number of aromatic nitrogens is 3. The Morgan fingerprint density at radius 3 is 2.56 bits per heavy atom. The predicted octanol–water partition coefficient (Wildman–Crippen LogP) is 3.16. The Morgan fingerprint density at radius 2 is 1.89 bits per heavy atom. The van der Waals surface area contributed by atoms with Gasteiger partial charge in [-0.2, -0.15) is 9.36 Å². The quantitative estimate of drug-likeness (QED) is 0.746. The van der Waals surface area contributed by atoms with Gasteiger partial charge >= 0.3 is 6.03 Å². The van der Waals surface area contributed by atoms with Crippen LogP contribution in [-0.4, -0.2) is 51.6 Å². The summed E-state index contributed by atoms with van der Waals surface area (Å²) >= 11 is 1.39. The maximum atomic E-state index is 12.4. The topological polar surface area (TPSA) is 87.4 Å². The van der Waals surface area contributed by atoms with Gasteiger partial charge in [-0.05, 0) is 13.8 Å². The zero-order chi connectivity index (χ0) is 18.8. The van der Waals surface area contributed by atoms with E-state index in [-0.39, 0.29) is 6.03 Å². The highest BCUT2D eigenvalue weighted by Gasteiger charge is 2.24. The Bertz CT molecular complexity index is 930. The molecule has 0 atom stereocenters. The lowest BCUT2D eigenvalue weighted by Crippen LogP contribution is -2.50. The normalized spacial score (nSPS) is 14.4. The summed E-state index contributed by atoms with van der Waals surface area (Å²) in [6, 6.07) is 9.76. The van der Waals surface area contributed by atoms with E-state index in [0.29, 0.717) is 32.1 Å². The minimum atomic E-state index is -0.170. The van der Waals surface area contributed by atoms with Crippen molar-refractivity contribution in [1.29, 1.82) is 0 Å². The van der Waals surface area contributed by atoms with Gasteiger partial charge in [0.25, 0.3) is 0 Å². The van der Waals surface area contributed by atoms with Gasteiger partial charge in [0, 0.05) is 48.8 Å². The van der Waals surface area contributed by atoms with Crippen molar-refractivity contribution >= 4 is 28.6 Å². The van der Waals surface area contributed by atoms with Crippen LogP contribution in [0.25, 0.3) is 11.4 Å². The lowest BCUT2D eigenvalue weighted by Gasteiger charge is -2.34. The summed E-state index contributed by atoms with van der Waals surface area (Å²) in [5.74, 6) is 1.16. The van der Waals surface area contributed by atoms with Crippen molar-refractivity contribution in [3.63, 3.8) is 0 Å². The van der Waals surface area contributed by atoms with E-state index in [0.717, 1.165) is 27.8 Å². The Kier molecular flexibility index (Phi) is 4.76. The molecule has 0 unspecified atom stereocenters. The van der Waals surface area contributed by atoms with Crippen LogP contribution < -0.4 is 10.2 Å². The van der Waals surface area contributed by atoms with Crippen molar-refractivity contribution in [3.8, 4) is 11.4 Å². The second-order valence-corrected chi connectivity index (χ2v) is 7.12. The minimum absolute atomic E-state index is 0.170. The van der Waals surface area contributed by atoms with Crippen molar-refractivity contribution in [2.75, 3.05) is 36.4 Å². The van der Waals surface area contributed by atoms with Gasteiger partial charge in [-0.1, -0.05) is 35.5 Å². The smallest absolute Gasteiger partial charge is 0.324 e. The van der Waals surface area contributed by atoms with Crippen molar-refractivity contribution in [1.82, 2.24) is 19.4 Å². The highest BCUT2D eigenvalue weighted by molar-refractivity contribution is 7.09. The van der Waals surface area contributed by atoms with E-state index in [1.165, 1.54) is 11.5 Å². The number of hydrogen-bond donors (Lipinski definition) is 1. The van der Waals surface area contributed by atoms with E-state index >= 15 is 0 Å². The molecule has 0 spiro atoms. The Balaban J connectivity index is 1.36. The van der Waals surface area contributed by atoms with E-state index in [4.69, 9.17) is 4.52 Å². The molecule has 0 bridgehead atoms. The summed E-state index contributed by atoms with van der Waals surface area (Å²) in [4.78, 5) is 21.0. The third kappa shape index (κ3) is 3.63. The first-order valence-corrected chi connectivity index (χ1v) is 9.52. The van der Waals surface area contributed by atoms with Crippen LogP contribution in [0.4, 0.5) is 15.8 Å². The lowest BCUT2D eigenvalue weighted by molar-refractivity contribution is 0.207. The molecule has 1 saturated heterocycles. The first-order chi connectivity index (χ1) is 13.1. The number of urea groups is 1. The summed E-state index contributed by atoms with van der Waals surface area (Å²) in [5, 5.41) is 7.54. The Morgan fingerprint density at radius 1 is 1.15 bits per heavy atom. The van der Waals surface area contributed by atoms with Crippen LogP contribution in [0.15, 0.2) is 34.9 Å². The maximum Gasteiger partial charge on any atom is 0.324 e. The number of carbonyl (C=O) groups is 1. The molecule has 1 aliphatic heterocycles. The zero-order valence-corrected chi connectivity index (χ0v) is 16.0. The first-order valence-electron chi connectivity index (χ1n) is 8.74. The van der Waals surface area contributed by atoms with E-state index in [1.807, 2.05) is 44.2 Å². The second-order valence-electron chi connectivity index (χ2n) is 6.39. The molecule has 27 heavy (non-hydrogen) atoms. The third-order valence-corrected chi connectivity index (χ3v) is 5.44. The zero-order valence-electron chi connectivity index (χ0n) is 15.2.